The lowest BCUT2D eigenvalue weighted by molar-refractivity contribution is -0.145. The van der Waals surface area contributed by atoms with Gasteiger partial charge in [0.05, 0.1) is 6.61 Å². The number of rotatable bonds is 4. The second-order valence-corrected chi connectivity index (χ2v) is 3.95. The molecular formula is C10H19NO3. The summed E-state index contributed by atoms with van der Waals surface area (Å²) in [4.78, 5) is 11.2. The molecule has 0 aromatic heterocycles. The van der Waals surface area contributed by atoms with E-state index in [1.165, 1.54) is 0 Å². The molecule has 3 N–H and O–H groups in total. The summed E-state index contributed by atoms with van der Waals surface area (Å²) in [7, 11) is 0. The second-order valence-electron chi connectivity index (χ2n) is 3.95. The first-order valence-electron chi connectivity index (χ1n) is 5.30. The molecule has 0 spiro atoms. The molecule has 1 fully saturated rings. The smallest absolute Gasteiger partial charge is 0.323 e. The minimum absolute atomic E-state index is 0.00493. The van der Waals surface area contributed by atoms with Gasteiger partial charge in [-0.1, -0.05) is 25.7 Å². The van der Waals surface area contributed by atoms with Crippen molar-refractivity contribution in [1.29, 1.82) is 0 Å². The maximum atomic E-state index is 11.2. The van der Waals surface area contributed by atoms with Gasteiger partial charge < -0.3 is 10.2 Å². The Morgan fingerprint density at radius 2 is 1.79 bits per heavy atom. The van der Waals surface area contributed by atoms with Crippen molar-refractivity contribution >= 4 is 5.97 Å². The van der Waals surface area contributed by atoms with E-state index in [1.54, 1.807) is 0 Å². The van der Waals surface area contributed by atoms with E-state index >= 15 is 0 Å². The van der Waals surface area contributed by atoms with E-state index in [4.69, 9.17) is 5.11 Å². The molecular weight excluding hydrogens is 182 g/mol. The number of aliphatic hydroxyl groups excluding tert-OH is 1. The molecule has 0 aromatic carbocycles. The Hall–Kier alpha value is -0.610. The third kappa shape index (κ3) is 2.69. The molecule has 0 unspecified atom stereocenters. The molecule has 4 nitrogen and oxygen atoms in total. The first-order chi connectivity index (χ1) is 6.71. The van der Waals surface area contributed by atoms with Crippen molar-refractivity contribution in [2.24, 2.45) is 0 Å². The van der Waals surface area contributed by atoms with Crippen LogP contribution in [0.25, 0.3) is 0 Å². The lowest BCUT2D eigenvalue weighted by atomic mass is 9.90. The van der Waals surface area contributed by atoms with Crippen molar-refractivity contribution in [3.63, 3.8) is 0 Å². The average Bonchev–Trinajstić information content (AvgIpc) is 2.41. The number of nitrogens with one attached hydrogen (secondary N) is 1. The summed E-state index contributed by atoms with van der Waals surface area (Å²) in [6.07, 6.45) is 5.53. The van der Waals surface area contributed by atoms with E-state index in [2.05, 4.69) is 5.32 Å². The Kier molecular flexibility index (Phi) is 4.35. The zero-order valence-corrected chi connectivity index (χ0v) is 8.46. The predicted molar refractivity (Wildman–Crippen MR) is 53.2 cm³/mol. The molecule has 14 heavy (non-hydrogen) atoms. The van der Waals surface area contributed by atoms with Crippen LogP contribution in [0.4, 0.5) is 0 Å². The fourth-order valence-corrected chi connectivity index (χ4v) is 2.09. The highest BCUT2D eigenvalue weighted by molar-refractivity contribution is 5.78. The summed E-state index contributed by atoms with van der Waals surface area (Å²) >= 11 is 0. The van der Waals surface area contributed by atoms with Crippen LogP contribution < -0.4 is 5.32 Å². The molecule has 0 atom stereocenters. The van der Waals surface area contributed by atoms with Gasteiger partial charge in [0.2, 0.25) is 0 Å². The largest absolute Gasteiger partial charge is 0.480 e. The van der Waals surface area contributed by atoms with Crippen molar-refractivity contribution in [3.05, 3.63) is 0 Å². The van der Waals surface area contributed by atoms with Crippen LogP contribution in [0.15, 0.2) is 0 Å². The van der Waals surface area contributed by atoms with Crippen LogP contribution in [0.2, 0.25) is 0 Å². The quantitative estimate of drug-likeness (QED) is 0.587. The Bertz CT molecular complexity index is 186. The summed E-state index contributed by atoms with van der Waals surface area (Å²) in [5, 5.41) is 20.9. The highest BCUT2D eigenvalue weighted by Crippen LogP contribution is 2.27. The molecule has 0 radical (unpaired) electrons. The van der Waals surface area contributed by atoms with E-state index in [0.717, 1.165) is 25.7 Å². The summed E-state index contributed by atoms with van der Waals surface area (Å²) in [5.41, 5.74) is -0.779. The minimum atomic E-state index is -0.779. The van der Waals surface area contributed by atoms with Gasteiger partial charge in [-0.05, 0) is 12.8 Å². The fraction of sp³-hybridized carbons (Fsp3) is 0.900. The van der Waals surface area contributed by atoms with E-state index in [1.807, 2.05) is 0 Å². The van der Waals surface area contributed by atoms with Gasteiger partial charge in [0.15, 0.2) is 0 Å². The first-order valence-corrected chi connectivity index (χ1v) is 5.30. The van der Waals surface area contributed by atoms with Gasteiger partial charge in [0.25, 0.3) is 0 Å². The lowest BCUT2D eigenvalue weighted by Gasteiger charge is -2.29. The zero-order valence-electron chi connectivity index (χ0n) is 8.46. The number of carbonyl (C=O) groups is 1. The number of hydrogen-bond acceptors (Lipinski definition) is 3. The van der Waals surface area contributed by atoms with Crippen LogP contribution >= 0.6 is 0 Å². The molecule has 0 aliphatic heterocycles. The van der Waals surface area contributed by atoms with Crippen molar-refractivity contribution in [2.45, 2.75) is 44.1 Å². The number of aliphatic hydroxyl groups is 1. The third-order valence-corrected chi connectivity index (χ3v) is 2.94. The minimum Gasteiger partial charge on any atom is -0.480 e. The van der Waals surface area contributed by atoms with Crippen LogP contribution in [-0.2, 0) is 4.79 Å². The molecule has 1 saturated carbocycles. The highest BCUT2D eigenvalue weighted by atomic mass is 16.4. The summed E-state index contributed by atoms with van der Waals surface area (Å²) in [6.45, 7) is 0.362. The van der Waals surface area contributed by atoms with Gasteiger partial charge >= 0.3 is 5.97 Å². The molecule has 0 amide bonds. The summed E-state index contributed by atoms with van der Waals surface area (Å²) < 4.78 is 0. The van der Waals surface area contributed by atoms with Gasteiger partial charge in [-0.15, -0.1) is 0 Å². The van der Waals surface area contributed by atoms with Crippen LogP contribution in [0.3, 0.4) is 0 Å². The molecule has 0 heterocycles. The number of hydrogen-bond donors (Lipinski definition) is 3. The molecule has 0 aromatic rings. The monoisotopic (exact) mass is 201 g/mol. The molecule has 1 aliphatic carbocycles. The fourth-order valence-electron chi connectivity index (χ4n) is 2.09. The van der Waals surface area contributed by atoms with E-state index in [0.29, 0.717) is 19.4 Å². The molecule has 0 bridgehead atoms. The number of carboxylic acids is 1. The maximum absolute atomic E-state index is 11.2. The SMILES string of the molecule is O=C(O)C1(NCCO)CCCCCC1. The van der Waals surface area contributed by atoms with Gasteiger partial charge in [-0.25, -0.2) is 0 Å². The normalized spacial score (nSPS) is 21.5. The van der Waals surface area contributed by atoms with Crippen molar-refractivity contribution in [3.8, 4) is 0 Å². The number of β-amino-alcohol motifs (C(OH)–C–C–N with tert-alkyl or cyclic N) is 1. The zero-order chi connectivity index (χ0) is 10.4. The van der Waals surface area contributed by atoms with E-state index in [9.17, 15) is 9.90 Å². The van der Waals surface area contributed by atoms with Crippen LogP contribution in [-0.4, -0.2) is 34.9 Å². The number of carboxylic acid groups (broad SMARTS) is 1. The van der Waals surface area contributed by atoms with Gasteiger partial charge in [-0.3, -0.25) is 10.1 Å². The molecule has 0 saturated heterocycles. The van der Waals surface area contributed by atoms with E-state index < -0.39 is 11.5 Å². The van der Waals surface area contributed by atoms with Gasteiger partial charge in [0, 0.05) is 6.54 Å². The molecule has 4 heteroatoms. The highest BCUT2D eigenvalue weighted by Gasteiger charge is 2.37. The standard InChI is InChI=1S/C10H19NO3/c12-8-7-11-10(9(13)14)5-3-1-2-4-6-10/h11-12H,1-8H2,(H,13,14). The van der Waals surface area contributed by atoms with E-state index in [-0.39, 0.29) is 6.61 Å². The van der Waals surface area contributed by atoms with Crippen LogP contribution in [0.1, 0.15) is 38.5 Å². The Labute approximate surface area is 84.3 Å². The van der Waals surface area contributed by atoms with Gasteiger partial charge in [0.1, 0.15) is 5.54 Å². The lowest BCUT2D eigenvalue weighted by Crippen LogP contribution is -2.52. The Morgan fingerprint density at radius 1 is 1.21 bits per heavy atom. The predicted octanol–water partition coefficient (Wildman–Crippen LogP) is 0.746. The number of aliphatic carboxylic acids is 1. The Morgan fingerprint density at radius 3 is 2.21 bits per heavy atom. The first kappa shape index (κ1) is 11.5. The molecule has 1 aliphatic rings. The topological polar surface area (TPSA) is 69.6 Å². The van der Waals surface area contributed by atoms with Crippen molar-refractivity contribution in [1.82, 2.24) is 5.32 Å². The molecule has 1 rings (SSSR count). The summed E-state index contributed by atoms with van der Waals surface area (Å²) in [6, 6.07) is 0. The third-order valence-electron chi connectivity index (χ3n) is 2.94. The van der Waals surface area contributed by atoms with Crippen LogP contribution in [0.5, 0.6) is 0 Å². The molecule has 82 valence electrons. The summed E-state index contributed by atoms with van der Waals surface area (Å²) in [5.74, 6) is -0.771. The Balaban J connectivity index is 2.62. The average molecular weight is 201 g/mol. The maximum Gasteiger partial charge on any atom is 0.323 e. The van der Waals surface area contributed by atoms with Crippen molar-refractivity contribution < 1.29 is 15.0 Å². The second kappa shape index (κ2) is 5.32. The van der Waals surface area contributed by atoms with Crippen LogP contribution in [0, 0.1) is 0 Å². The van der Waals surface area contributed by atoms with Gasteiger partial charge in [-0.2, -0.15) is 0 Å². The van der Waals surface area contributed by atoms with Crippen molar-refractivity contribution in [2.75, 3.05) is 13.2 Å².